The Bertz CT molecular complexity index is 230. The second-order valence-electron chi connectivity index (χ2n) is 4.39. The minimum absolute atomic E-state index is 0.0220. The van der Waals surface area contributed by atoms with E-state index in [1.165, 1.54) is 0 Å². The van der Waals surface area contributed by atoms with Crippen LogP contribution in [0.2, 0.25) is 0 Å². The number of nitrogens with zero attached hydrogens (tertiary/aromatic N) is 1. The molecule has 0 heterocycles. The Morgan fingerprint density at radius 1 is 1.47 bits per heavy atom. The summed E-state index contributed by atoms with van der Waals surface area (Å²) in [6.07, 6.45) is 6.09. The molecular formula is C11H19NO3. The average molecular weight is 213 g/mol. The van der Waals surface area contributed by atoms with Crippen LogP contribution in [0.3, 0.4) is 0 Å². The number of aldehydes is 1. The summed E-state index contributed by atoms with van der Waals surface area (Å²) in [5.41, 5.74) is 0. The van der Waals surface area contributed by atoms with Gasteiger partial charge in [-0.3, -0.25) is 10.1 Å². The van der Waals surface area contributed by atoms with Gasteiger partial charge in [-0.25, -0.2) is 0 Å². The number of rotatable bonds is 5. The van der Waals surface area contributed by atoms with E-state index in [9.17, 15) is 14.9 Å². The lowest BCUT2D eigenvalue weighted by molar-refractivity contribution is -0.537. The fraction of sp³-hybridized carbons (Fsp3) is 0.909. The molecule has 1 saturated carbocycles. The van der Waals surface area contributed by atoms with Crippen LogP contribution >= 0.6 is 0 Å². The van der Waals surface area contributed by atoms with E-state index in [4.69, 9.17) is 0 Å². The summed E-state index contributed by atoms with van der Waals surface area (Å²) in [6.45, 7) is 2.01. The third-order valence-electron chi connectivity index (χ3n) is 3.40. The lowest BCUT2D eigenvalue weighted by Crippen LogP contribution is -2.37. The highest BCUT2D eigenvalue weighted by Crippen LogP contribution is 2.33. The van der Waals surface area contributed by atoms with E-state index in [2.05, 4.69) is 0 Å². The second kappa shape index (κ2) is 5.83. The maximum absolute atomic E-state index is 10.9. The zero-order valence-electron chi connectivity index (χ0n) is 9.22. The Balaban J connectivity index is 2.68. The SMILES string of the molecule is CCC[C@H](C=O)[C@@H]1CCCC[C@@H]1[N+](=O)[O-]. The van der Waals surface area contributed by atoms with Crippen LogP contribution in [-0.4, -0.2) is 17.3 Å². The van der Waals surface area contributed by atoms with E-state index in [0.29, 0.717) is 6.42 Å². The zero-order chi connectivity index (χ0) is 11.3. The van der Waals surface area contributed by atoms with Crippen LogP contribution in [-0.2, 0) is 4.79 Å². The second-order valence-corrected chi connectivity index (χ2v) is 4.39. The van der Waals surface area contributed by atoms with E-state index >= 15 is 0 Å². The van der Waals surface area contributed by atoms with Gasteiger partial charge in [0.05, 0.1) is 0 Å². The van der Waals surface area contributed by atoms with E-state index in [1.54, 1.807) is 0 Å². The highest BCUT2D eigenvalue weighted by Gasteiger charge is 2.38. The molecule has 86 valence electrons. The Hall–Kier alpha value is -0.930. The third kappa shape index (κ3) is 3.01. The number of nitro groups is 1. The van der Waals surface area contributed by atoms with Crippen molar-refractivity contribution < 1.29 is 9.72 Å². The standard InChI is InChI=1S/C11H19NO3/c1-2-5-9(8-13)10-6-3-4-7-11(10)12(14)15/h8-11H,2-7H2,1H3/t9-,10+,11+/m1/s1. The molecule has 0 amide bonds. The Kier molecular flexibility index (Phi) is 4.72. The average Bonchev–Trinajstić information content (AvgIpc) is 2.26. The first-order valence-corrected chi connectivity index (χ1v) is 5.79. The number of carbonyl (C=O) groups excluding carboxylic acids is 1. The number of carbonyl (C=O) groups is 1. The van der Waals surface area contributed by atoms with Gasteiger partial charge in [0.2, 0.25) is 6.04 Å². The van der Waals surface area contributed by atoms with Gasteiger partial charge < -0.3 is 4.79 Å². The topological polar surface area (TPSA) is 60.2 Å². The number of hydrogen-bond donors (Lipinski definition) is 0. The minimum atomic E-state index is -0.486. The lowest BCUT2D eigenvalue weighted by Gasteiger charge is -2.29. The van der Waals surface area contributed by atoms with Crippen molar-refractivity contribution in [2.24, 2.45) is 11.8 Å². The van der Waals surface area contributed by atoms with E-state index < -0.39 is 6.04 Å². The van der Waals surface area contributed by atoms with Gasteiger partial charge in [-0.15, -0.1) is 0 Å². The molecule has 1 aliphatic rings. The highest BCUT2D eigenvalue weighted by atomic mass is 16.6. The van der Waals surface area contributed by atoms with Gasteiger partial charge in [-0.05, 0) is 19.3 Å². The summed E-state index contributed by atoms with van der Waals surface area (Å²) >= 11 is 0. The summed E-state index contributed by atoms with van der Waals surface area (Å²) in [5.74, 6) is -0.128. The first-order valence-electron chi connectivity index (χ1n) is 5.79. The normalized spacial score (nSPS) is 28.3. The summed E-state index contributed by atoms with van der Waals surface area (Å²) < 4.78 is 0. The van der Waals surface area contributed by atoms with Gasteiger partial charge >= 0.3 is 0 Å². The summed E-state index contributed by atoms with van der Waals surface area (Å²) in [5, 5.41) is 10.9. The molecule has 4 nitrogen and oxygen atoms in total. The van der Waals surface area contributed by atoms with Crippen LogP contribution in [0.25, 0.3) is 0 Å². The van der Waals surface area contributed by atoms with Crippen LogP contribution in [0.1, 0.15) is 45.4 Å². The maximum Gasteiger partial charge on any atom is 0.216 e. The monoisotopic (exact) mass is 213 g/mol. The van der Waals surface area contributed by atoms with Crippen LogP contribution in [0.4, 0.5) is 0 Å². The molecule has 0 saturated heterocycles. The molecule has 1 aliphatic carbocycles. The van der Waals surface area contributed by atoms with Crippen LogP contribution in [0.15, 0.2) is 0 Å². The van der Waals surface area contributed by atoms with E-state index in [1.807, 2.05) is 6.92 Å². The van der Waals surface area contributed by atoms with Crippen molar-refractivity contribution in [2.45, 2.75) is 51.5 Å². The van der Waals surface area contributed by atoms with Crippen molar-refractivity contribution in [1.82, 2.24) is 0 Å². The van der Waals surface area contributed by atoms with Crippen LogP contribution in [0.5, 0.6) is 0 Å². The molecule has 0 aromatic heterocycles. The molecule has 15 heavy (non-hydrogen) atoms. The highest BCUT2D eigenvalue weighted by molar-refractivity contribution is 5.54. The van der Waals surface area contributed by atoms with Crippen molar-refractivity contribution in [3.8, 4) is 0 Å². The number of hydrogen-bond acceptors (Lipinski definition) is 3. The van der Waals surface area contributed by atoms with Crippen molar-refractivity contribution in [3.05, 3.63) is 10.1 Å². The predicted octanol–water partition coefficient (Wildman–Crippen LogP) is 2.44. The Morgan fingerprint density at radius 2 is 2.13 bits per heavy atom. The molecule has 1 fully saturated rings. The fourth-order valence-corrected chi connectivity index (χ4v) is 2.62. The maximum atomic E-state index is 10.9. The minimum Gasteiger partial charge on any atom is -0.303 e. The van der Waals surface area contributed by atoms with Gasteiger partial charge in [-0.1, -0.05) is 19.8 Å². The predicted molar refractivity (Wildman–Crippen MR) is 57.2 cm³/mol. The largest absolute Gasteiger partial charge is 0.303 e. The Morgan fingerprint density at radius 3 is 2.67 bits per heavy atom. The van der Waals surface area contributed by atoms with Crippen molar-refractivity contribution in [2.75, 3.05) is 0 Å². The zero-order valence-corrected chi connectivity index (χ0v) is 9.22. The quantitative estimate of drug-likeness (QED) is 0.400. The van der Waals surface area contributed by atoms with Gasteiger partial charge in [0.15, 0.2) is 0 Å². The molecule has 1 rings (SSSR count). The molecule has 0 radical (unpaired) electrons. The molecule has 0 unspecified atom stereocenters. The summed E-state index contributed by atoms with van der Waals surface area (Å²) in [4.78, 5) is 21.6. The molecule has 0 spiro atoms. The van der Waals surface area contributed by atoms with E-state index in [0.717, 1.165) is 38.4 Å². The Labute approximate surface area is 90.2 Å². The molecule has 0 aliphatic heterocycles. The van der Waals surface area contributed by atoms with Crippen molar-refractivity contribution >= 4 is 6.29 Å². The van der Waals surface area contributed by atoms with Crippen molar-refractivity contribution in [3.63, 3.8) is 0 Å². The lowest BCUT2D eigenvalue weighted by atomic mass is 9.75. The van der Waals surface area contributed by atoms with Crippen LogP contribution < -0.4 is 0 Å². The molecule has 3 atom stereocenters. The fourth-order valence-electron chi connectivity index (χ4n) is 2.62. The van der Waals surface area contributed by atoms with Crippen molar-refractivity contribution in [1.29, 1.82) is 0 Å². The smallest absolute Gasteiger partial charge is 0.216 e. The molecule has 0 aromatic carbocycles. The van der Waals surface area contributed by atoms with Crippen LogP contribution in [0, 0.1) is 22.0 Å². The summed E-state index contributed by atoms with van der Waals surface area (Å²) in [6, 6.07) is -0.486. The van der Waals surface area contributed by atoms with Gasteiger partial charge in [0.25, 0.3) is 0 Å². The molecule has 0 aromatic rings. The molecule has 4 heteroatoms. The molecular weight excluding hydrogens is 194 g/mol. The van der Waals surface area contributed by atoms with E-state index in [-0.39, 0.29) is 16.8 Å². The third-order valence-corrected chi connectivity index (χ3v) is 3.40. The first kappa shape index (κ1) is 12.1. The first-order chi connectivity index (χ1) is 7.20. The van der Waals surface area contributed by atoms with Gasteiger partial charge in [0, 0.05) is 23.2 Å². The summed E-state index contributed by atoms with van der Waals surface area (Å²) in [7, 11) is 0. The van der Waals surface area contributed by atoms with Gasteiger partial charge in [0.1, 0.15) is 6.29 Å². The molecule has 0 N–H and O–H groups in total. The molecule has 0 bridgehead atoms. The van der Waals surface area contributed by atoms with Gasteiger partial charge in [-0.2, -0.15) is 0 Å².